The Kier molecular flexibility index (Phi) is 5.53. The lowest BCUT2D eigenvalue weighted by Gasteiger charge is -2.15. The standard InChI is InChI=1S/C21H18FN3O2S/c22-16-11-9-14(10-12-16)20(26)25-23-13-15-5-1-4-8-19(15)28-21-24-17-6-2-3-7-18(17)27-21/h2-3,6-7,9-13H,1,4-5,8H2,(H,25,26)/b23-13-. The number of allylic oxidation sites excluding steroid dienone is 2. The molecular formula is C21H18FN3O2S. The molecule has 1 amide bonds. The maximum atomic E-state index is 13.0. The second kappa shape index (κ2) is 8.39. The van der Waals surface area contributed by atoms with Crippen LogP contribution in [0.5, 0.6) is 0 Å². The molecule has 0 saturated heterocycles. The van der Waals surface area contributed by atoms with Crippen LogP contribution in [0.25, 0.3) is 11.1 Å². The Morgan fingerprint density at radius 1 is 1.14 bits per heavy atom. The summed E-state index contributed by atoms with van der Waals surface area (Å²) in [5.74, 6) is -0.755. The van der Waals surface area contributed by atoms with Gasteiger partial charge in [-0.3, -0.25) is 4.79 Å². The summed E-state index contributed by atoms with van der Waals surface area (Å²) in [6, 6.07) is 13.0. The fourth-order valence-electron chi connectivity index (χ4n) is 2.99. The highest BCUT2D eigenvalue weighted by Gasteiger charge is 2.16. The Hall–Kier alpha value is -2.93. The van der Waals surface area contributed by atoms with Crippen molar-refractivity contribution < 1.29 is 13.6 Å². The number of carbonyl (C=O) groups excluding carboxylic acids is 1. The van der Waals surface area contributed by atoms with E-state index in [0.717, 1.165) is 47.3 Å². The number of carbonyl (C=O) groups is 1. The van der Waals surface area contributed by atoms with Gasteiger partial charge in [0.1, 0.15) is 11.3 Å². The maximum Gasteiger partial charge on any atom is 0.271 e. The van der Waals surface area contributed by atoms with Gasteiger partial charge in [-0.1, -0.05) is 12.1 Å². The van der Waals surface area contributed by atoms with Crippen molar-refractivity contribution in [1.29, 1.82) is 0 Å². The summed E-state index contributed by atoms with van der Waals surface area (Å²) >= 11 is 1.51. The Labute approximate surface area is 165 Å². The van der Waals surface area contributed by atoms with Gasteiger partial charge in [-0.05, 0) is 84.3 Å². The van der Waals surface area contributed by atoms with Crippen molar-refractivity contribution >= 4 is 35.0 Å². The van der Waals surface area contributed by atoms with E-state index in [4.69, 9.17) is 4.42 Å². The van der Waals surface area contributed by atoms with Gasteiger partial charge >= 0.3 is 0 Å². The molecule has 1 aliphatic carbocycles. The van der Waals surface area contributed by atoms with Crippen LogP contribution in [0.4, 0.5) is 4.39 Å². The number of fused-ring (bicyclic) bond motifs is 1. The number of hydrogen-bond donors (Lipinski definition) is 1. The molecule has 1 heterocycles. The summed E-state index contributed by atoms with van der Waals surface area (Å²) in [6.45, 7) is 0. The summed E-state index contributed by atoms with van der Waals surface area (Å²) in [7, 11) is 0. The lowest BCUT2D eigenvalue weighted by atomic mass is 10.0. The predicted molar refractivity (Wildman–Crippen MR) is 108 cm³/mol. The van der Waals surface area contributed by atoms with Crippen LogP contribution in [0.15, 0.2) is 73.8 Å². The zero-order chi connectivity index (χ0) is 19.3. The Balaban J connectivity index is 1.47. The average Bonchev–Trinajstić information content (AvgIpc) is 3.12. The van der Waals surface area contributed by atoms with E-state index in [1.807, 2.05) is 24.3 Å². The van der Waals surface area contributed by atoms with Crippen LogP contribution in [0.3, 0.4) is 0 Å². The first-order chi connectivity index (χ1) is 13.7. The minimum Gasteiger partial charge on any atom is -0.431 e. The van der Waals surface area contributed by atoms with Gasteiger partial charge in [0.25, 0.3) is 11.1 Å². The fourth-order valence-corrected chi connectivity index (χ4v) is 4.01. The smallest absolute Gasteiger partial charge is 0.271 e. The molecule has 5 nitrogen and oxygen atoms in total. The first-order valence-electron chi connectivity index (χ1n) is 9.03. The van der Waals surface area contributed by atoms with Crippen molar-refractivity contribution in [2.75, 3.05) is 0 Å². The van der Waals surface area contributed by atoms with Crippen LogP contribution < -0.4 is 5.43 Å². The second-order valence-electron chi connectivity index (χ2n) is 6.41. The largest absolute Gasteiger partial charge is 0.431 e. The predicted octanol–water partition coefficient (Wildman–Crippen LogP) is 5.30. The molecule has 0 saturated carbocycles. The van der Waals surface area contributed by atoms with E-state index < -0.39 is 0 Å². The molecule has 0 bridgehead atoms. The lowest BCUT2D eigenvalue weighted by molar-refractivity contribution is 0.0955. The van der Waals surface area contributed by atoms with Crippen molar-refractivity contribution in [3.8, 4) is 0 Å². The van der Waals surface area contributed by atoms with E-state index in [-0.39, 0.29) is 11.7 Å². The number of hydrogen-bond acceptors (Lipinski definition) is 5. The molecule has 0 atom stereocenters. The van der Waals surface area contributed by atoms with E-state index in [1.54, 1.807) is 6.21 Å². The van der Waals surface area contributed by atoms with Crippen molar-refractivity contribution in [2.24, 2.45) is 5.10 Å². The molecule has 142 valence electrons. The molecular weight excluding hydrogens is 377 g/mol. The fraction of sp³-hybridized carbons (Fsp3) is 0.190. The Morgan fingerprint density at radius 3 is 2.75 bits per heavy atom. The minimum absolute atomic E-state index is 0.359. The number of benzene rings is 2. The quantitative estimate of drug-likeness (QED) is 0.470. The monoisotopic (exact) mass is 395 g/mol. The second-order valence-corrected chi connectivity index (χ2v) is 7.46. The highest BCUT2D eigenvalue weighted by molar-refractivity contribution is 8.02. The van der Waals surface area contributed by atoms with Crippen molar-refractivity contribution in [3.05, 3.63) is 70.4 Å². The van der Waals surface area contributed by atoms with Gasteiger partial charge in [-0.25, -0.2) is 14.8 Å². The number of para-hydroxylation sites is 2. The van der Waals surface area contributed by atoms with Gasteiger partial charge in [0.15, 0.2) is 5.58 Å². The third-order valence-corrected chi connectivity index (χ3v) is 5.50. The van der Waals surface area contributed by atoms with Gasteiger partial charge < -0.3 is 4.42 Å². The van der Waals surface area contributed by atoms with Gasteiger partial charge in [0, 0.05) is 5.56 Å². The van der Waals surface area contributed by atoms with E-state index in [1.165, 1.54) is 36.0 Å². The van der Waals surface area contributed by atoms with Gasteiger partial charge in [0.05, 0.1) is 6.21 Å². The van der Waals surface area contributed by atoms with E-state index in [0.29, 0.717) is 10.8 Å². The van der Waals surface area contributed by atoms with Crippen LogP contribution in [0.2, 0.25) is 0 Å². The van der Waals surface area contributed by atoms with Crippen LogP contribution >= 0.6 is 11.8 Å². The molecule has 0 aliphatic heterocycles. The molecule has 0 fully saturated rings. The Bertz CT molecular complexity index is 1020. The zero-order valence-electron chi connectivity index (χ0n) is 15.0. The normalized spacial score (nSPS) is 14.8. The average molecular weight is 395 g/mol. The van der Waals surface area contributed by atoms with Crippen LogP contribution in [-0.2, 0) is 0 Å². The molecule has 0 spiro atoms. The van der Waals surface area contributed by atoms with Crippen molar-refractivity contribution in [2.45, 2.75) is 30.9 Å². The Morgan fingerprint density at radius 2 is 1.93 bits per heavy atom. The molecule has 28 heavy (non-hydrogen) atoms. The molecule has 1 aromatic heterocycles. The molecule has 2 aromatic carbocycles. The highest BCUT2D eigenvalue weighted by Crippen LogP contribution is 2.37. The summed E-state index contributed by atoms with van der Waals surface area (Å²) in [4.78, 5) is 17.7. The van der Waals surface area contributed by atoms with Crippen LogP contribution in [0, 0.1) is 5.82 Å². The first-order valence-corrected chi connectivity index (χ1v) is 9.85. The number of thioether (sulfide) groups is 1. The highest BCUT2D eigenvalue weighted by atomic mass is 32.2. The molecule has 0 radical (unpaired) electrons. The lowest BCUT2D eigenvalue weighted by Crippen LogP contribution is -2.17. The van der Waals surface area contributed by atoms with Crippen molar-refractivity contribution in [3.63, 3.8) is 0 Å². The summed E-state index contributed by atoms with van der Waals surface area (Å²) < 4.78 is 18.8. The van der Waals surface area contributed by atoms with E-state index in [9.17, 15) is 9.18 Å². The van der Waals surface area contributed by atoms with Gasteiger partial charge in [0.2, 0.25) is 0 Å². The topological polar surface area (TPSA) is 67.5 Å². The first kappa shape index (κ1) is 18.4. The molecule has 7 heteroatoms. The summed E-state index contributed by atoms with van der Waals surface area (Å²) in [5, 5.41) is 4.70. The number of halogens is 1. The summed E-state index contributed by atoms with van der Waals surface area (Å²) in [5.41, 5.74) is 5.53. The zero-order valence-corrected chi connectivity index (χ0v) is 15.8. The van der Waals surface area contributed by atoms with E-state index >= 15 is 0 Å². The number of hydrazone groups is 1. The summed E-state index contributed by atoms with van der Waals surface area (Å²) in [6.07, 6.45) is 5.67. The molecule has 1 aliphatic rings. The number of aromatic nitrogens is 1. The number of oxazole rings is 1. The number of rotatable bonds is 5. The molecule has 3 aromatic rings. The minimum atomic E-state index is -0.381. The third-order valence-electron chi connectivity index (χ3n) is 4.44. The van der Waals surface area contributed by atoms with Crippen molar-refractivity contribution in [1.82, 2.24) is 10.4 Å². The van der Waals surface area contributed by atoms with Crippen LogP contribution in [-0.4, -0.2) is 17.1 Å². The molecule has 4 rings (SSSR count). The maximum absolute atomic E-state index is 13.0. The van der Waals surface area contributed by atoms with Gasteiger partial charge in [-0.2, -0.15) is 5.10 Å². The molecule has 0 unspecified atom stereocenters. The number of amides is 1. The molecule has 1 N–H and O–H groups in total. The number of nitrogens with zero attached hydrogens (tertiary/aromatic N) is 2. The SMILES string of the molecule is O=C(N/N=C\C1=C(Sc2nc3ccccc3o2)CCCC1)c1ccc(F)cc1. The van der Waals surface area contributed by atoms with E-state index in [2.05, 4.69) is 15.5 Å². The number of nitrogens with one attached hydrogen (secondary N) is 1. The third kappa shape index (κ3) is 4.31. The van der Waals surface area contributed by atoms with Gasteiger partial charge in [-0.15, -0.1) is 0 Å². The van der Waals surface area contributed by atoms with Crippen LogP contribution in [0.1, 0.15) is 36.0 Å².